The highest BCUT2D eigenvalue weighted by molar-refractivity contribution is 9.10. The zero-order valence-corrected chi connectivity index (χ0v) is 8.43. The fourth-order valence-corrected chi connectivity index (χ4v) is 2.13. The number of hydrogen-bond donors (Lipinski definition) is 1. The molecule has 1 aromatic heterocycles. The van der Waals surface area contributed by atoms with Crippen LogP contribution in [-0.4, -0.2) is 6.54 Å². The Labute approximate surface area is 80.5 Å². The first-order chi connectivity index (χ1) is 5.88. The van der Waals surface area contributed by atoms with Crippen LogP contribution in [0.3, 0.4) is 0 Å². The molecule has 1 atom stereocenters. The van der Waals surface area contributed by atoms with Crippen LogP contribution in [0.2, 0.25) is 0 Å². The van der Waals surface area contributed by atoms with Crippen molar-refractivity contribution in [3.63, 3.8) is 0 Å². The van der Waals surface area contributed by atoms with E-state index in [0.717, 1.165) is 11.0 Å². The van der Waals surface area contributed by atoms with E-state index in [9.17, 15) is 0 Å². The van der Waals surface area contributed by atoms with Crippen LogP contribution >= 0.6 is 15.9 Å². The van der Waals surface area contributed by atoms with E-state index in [2.05, 4.69) is 21.2 Å². The van der Waals surface area contributed by atoms with Gasteiger partial charge in [0.1, 0.15) is 6.26 Å². The van der Waals surface area contributed by atoms with Crippen molar-refractivity contribution in [1.29, 1.82) is 0 Å². The Kier molecular flexibility index (Phi) is 2.51. The Morgan fingerprint density at radius 3 is 2.92 bits per heavy atom. The van der Waals surface area contributed by atoms with E-state index in [4.69, 9.17) is 4.42 Å². The van der Waals surface area contributed by atoms with Crippen molar-refractivity contribution < 1.29 is 4.42 Å². The summed E-state index contributed by atoms with van der Waals surface area (Å²) in [7, 11) is 0. The van der Waals surface area contributed by atoms with E-state index < -0.39 is 0 Å². The Bertz CT molecular complexity index is 253. The molecular weight excluding hydrogens is 218 g/mol. The van der Waals surface area contributed by atoms with Crippen LogP contribution in [0.1, 0.15) is 30.9 Å². The van der Waals surface area contributed by atoms with Gasteiger partial charge in [0.25, 0.3) is 0 Å². The fraction of sp³-hybridized carbons (Fsp3) is 0.556. The minimum absolute atomic E-state index is 0.492. The molecule has 1 aliphatic rings. The second-order valence-corrected chi connectivity index (χ2v) is 4.03. The first-order valence-corrected chi connectivity index (χ1v) is 5.12. The maximum absolute atomic E-state index is 5.11. The lowest BCUT2D eigenvalue weighted by atomic mass is 10.0. The van der Waals surface area contributed by atoms with Gasteiger partial charge < -0.3 is 9.73 Å². The van der Waals surface area contributed by atoms with Crippen molar-refractivity contribution in [2.45, 2.75) is 25.3 Å². The van der Waals surface area contributed by atoms with Crippen LogP contribution in [-0.2, 0) is 0 Å². The molecule has 66 valence electrons. The van der Waals surface area contributed by atoms with Crippen molar-refractivity contribution >= 4 is 15.9 Å². The molecule has 12 heavy (non-hydrogen) atoms. The second kappa shape index (κ2) is 3.62. The van der Waals surface area contributed by atoms with Gasteiger partial charge >= 0.3 is 0 Å². The standard InChI is InChI=1S/C9H12BrNO/c10-8-6-12-5-7(8)9-3-1-2-4-11-9/h5-6,9,11H,1-4H2. The zero-order valence-electron chi connectivity index (χ0n) is 6.85. The molecule has 0 saturated carbocycles. The monoisotopic (exact) mass is 229 g/mol. The highest BCUT2D eigenvalue weighted by atomic mass is 79.9. The van der Waals surface area contributed by atoms with Crippen LogP contribution in [0.4, 0.5) is 0 Å². The molecule has 0 bridgehead atoms. The van der Waals surface area contributed by atoms with Gasteiger partial charge in [-0.3, -0.25) is 0 Å². The van der Waals surface area contributed by atoms with Crippen molar-refractivity contribution in [3.05, 3.63) is 22.6 Å². The summed E-state index contributed by atoms with van der Waals surface area (Å²) in [5.74, 6) is 0. The van der Waals surface area contributed by atoms with E-state index in [1.165, 1.54) is 24.8 Å². The van der Waals surface area contributed by atoms with Gasteiger partial charge in [0.15, 0.2) is 0 Å². The summed E-state index contributed by atoms with van der Waals surface area (Å²) in [6, 6.07) is 0.492. The molecule has 0 aliphatic carbocycles. The average molecular weight is 230 g/mol. The van der Waals surface area contributed by atoms with Gasteiger partial charge in [0, 0.05) is 11.6 Å². The maximum atomic E-state index is 5.11. The van der Waals surface area contributed by atoms with Gasteiger partial charge in [-0.05, 0) is 35.3 Å². The lowest BCUT2D eigenvalue weighted by molar-refractivity contribution is 0.408. The van der Waals surface area contributed by atoms with Crippen LogP contribution in [0.15, 0.2) is 21.4 Å². The largest absolute Gasteiger partial charge is 0.471 e. The molecule has 1 aromatic rings. The van der Waals surface area contributed by atoms with Gasteiger partial charge in [-0.15, -0.1) is 0 Å². The summed E-state index contributed by atoms with van der Waals surface area (Å²) in [5.41, 5.74) is 1.26. The third kappa shape index (κ3) is 1.57. The fourth-order valence-electron chi connectivity index (χ4n) is 1.66. The molecule has 2 nitrogen and oxygen atoms in total. The summed E-state index contributed by atoms with van der Waals surface area (Å²) in [6.45, 7) is 1.13. The molecule has 2 heterocycles. The normalized spacial score (nSPS) is 24.2. The first kappa shape index (κ1) is 8.32. The number of furan rings is 1. The van der Waals surface area contributed by atoms with E-state index in [1.807, 2.05) is 6.26 Å². The third-order valence-electron chi connectivity index (χ3n) is 2.33. The SMILES string of the molecule is Brc1cocc1C1CCCCN1. The number of hydrogen-bond acceptors (Lipinski definition) is 2. The molecule has 1 unspecified atom stereocenters. The number of halogens is 1. The Morgan fingerprint density at radius 1 is 1.42 bits per heavy atom. The molecule has 0 aromatic carbocycles. The van der Waals surface area contributed by atoms with Gasteiger partial charge in [0.2, 0.25) is 0 Å². The summed E-state index contributed by atoms with van der Waals surface area (Å²) >= 11 is 3.47. The molecule has 1 N–H and O–H groups in total. The van der Waals surface area contributed by atoms with Gasteiger partial charge in [0.05, 0.1) is 10.7 Å². The van der Waals surface area contributed by atoms with Crippen LogP contribution in [0.25, 0.3) is 0 Å². The Balaban J connectivity index is 2.13. The summed E-state index contributed by atoms with van der Waals surface area (Å²) in [6.07, 6.45) is 7.40. The smallest absolute Gasteiger partial charge is 0.105 e. The molecular formula is C9H12BrNO. The topological polar surface area (TPSA) is 25.2 Å². The molecule has 0 spiro atoms. The Hall–Kier alpha value is -0.280. The predicted octanol–water partition coefficient (Wildman–Crippen LogP) is 2.86. The minimum Gasteiger partial charge on any atom is -0.471 e. The second-order valence-electron chi connectivity index (χ2n) is 3.18. The highest BCUT2D eigenvalue weighted by Crippen LogP contribution is 2.29. The third-order valence-corrected chi connectivity index (χ3v) is 2.97. The molecule has 1 fully saturated rings. The maximum Gasteiger partial charge on any atom is 0.105 e. The average Bonchev–Trinajstić information content (AvgIpc) is 2.53. The lowest BCUT2D eigenvalue weighted by Crippen LogP contribution is -2.26. The predicted molar refractivity (Wildman–Crippen MR) is 51.0 cm³/mol. The Morgan fingerprint density at radius 2 is 2.33 bits per heavy atom. The van der Waals surface area contributed by atoms with E-state index in [-0.39, 0.29) is 0 Å². The van der Waals surface area contributed by atoms with Crippen molar-refractivity contribution in [3.8, 4) is 0 Å². The number of piperidine rings is 1. The van der Waals surface area contributed by atoms with Crippen LogP contribution in [0, 0.1) is 0 Å². The summed E-state index contributed by atoms with van der Waals surface area (Å²) in [5, 5.41) is 3.47. The van der Waals surface area contributed by atoms with Gasteiger partial charge in [-0.2, -0.15) is 0 Å². The molecule has 3 heteroatoms. The van der Waals surface area contributed by atoms with Crippen molar-refractivity contribution in [2.75, 3.05) is 6.54 Å². The number of rotatable bonds is 1. The highest BCUT2D eigenvalue weighted by Gasteiger charge is 2.17. The van der Waals surface area contributed by atoms with Gasteiger partial charge in [-0.25, -0.2) is 0 Å². The molecule has 2 rings (SSSR count). The van der Waals surface area contributed by atoms with E-state index in [1.54, 1.807) is 6.26 Å². The van der Waals surface area contributed by atoms with Crippen molar-refractivity contribution in [1.82, 2.24) is 5.32 Å². The summed E-state index contributed by atoms with van der Waals surface area (Å²) in [4.78, 5) is 0. The van der Waals surface area contributed by atoms with Crippen molar-refractivity contribution in [2.24, 2.45) is 0 Å². The molecule has 0 radical (unpaired) electrons. The van der Waals surface area contributed by atoms with E-state index in [0.29, 0.717) is 6.04 Å². The minimum atomic E-state index is 0.492. The lowest BCUT2D eigenvalue weighted by Gasteiger charge is -2.22. The quantitative estimate of drug-likeness (QED) is 0.802. The number of nitrogens with one attached hydrogen (secondary N) is 1. The summed E-state index contributed by atoms with van der Waals surface area (Å²) < 4.78 is 6.20. The van der Waals surface area contributed by atoms with E-state index >= 15 is 0 Å². The first-order valence-electron chi connectivity index (χ1n) is 4.33. The molecule has 1 aliphatic heterocycles. The zero-order chi connectivity index (χ0) is 8.39. The van der Waals surface area contributed by atoms with Gasteiger partial charge in [-0.1, -0.05) is 6.42 Å². The molecule has 1 saturated heterocycles. The molecule has 0 amide bonds. The van der Waals surface area contributed by atoms with Crippen LogP contribution < -0.4 is 5.32 Å². The van der Waals surface area contributed by atoms with Crippen LogP contribution in [0.5, 0.6) is 0 Å².